The van der Waals surface area contributed by atoms with Gasteiger partial charge in [0.25, 0.3) is 0 Å². The Labute approximate surface area is 225 Å². The lowest BCUT2D eigenvalue weighted by molar-refractivity contribution is 0.249. The van der Waals surface area contributed by atoms with Crippen LogP contribution in [-0.2, 0) is 5.75 Å². The summed E-state index contributed by atoms with van der Waals surface area (Å²) >= 11 is 7.81. The highest BCUT2D eigenvalue weighted by atomic mass is 35.5. The first-order valence-electron chi connectivity index (χ1n) is 12.0. The summed E-state index contributed by atoms with van der Waals surface area (Å²) in [5, 5.41) is 15.9. The zero-order valence-electron chi connectivity index (χ0n) is 21.1. The van der Waals surface area contributed by atoms with Crippen LogP contribution in [0.2, 0.25) is 5.02 Å². The summed E-state index contributed by atoms with van der Waals surface area (Å²) in [6.45, 7) is 8.09. The van der Waals surface area contributed by atoms with Crippen LogP contribution in [0.1, 0.15) is 55.2 Å². The minimum absolute atomic E-state index is 0.275. The summed E-state index contributed by atoms with van der Waals surface area (Å²) in [6, 6.07) is 19.0. The molecule has 9 heteroatoms. The molecule has 2 amide bonds. The number of halogens is 2. The molecular weight excluding hydrogens is 509 g/mol. The van der Waals surface area contributed by atoms with Crippen LogP contribution in [0.25, 0.3) is 5.69 Å². The average Bonchev–Trinajstić information content (AvgIpc) is 3.29. The fraction of sp³-hybridized carbons (Fsp3) is 0.250. The molecule has 0 saturated carbocycles. The number of aryl methyl sites for hydroxylation is 1. The van der Waals surface area contributed by atoms with Crippen molar-refractivity contribution in [1.29, 1.82) is 0 Å². The first kappa shape index (κ1) is 26.7. The number of urea groups is 1. The highest BCUT2D eigenvalue weighted by Crippen LogP contribution is 2.30. The van der Waals surface area contributed by atoms with E-state index in [1.54, 1.807) is 12.1 Å². The van der Waals surface area contributed by atoms with Crippen molar-refractivity contribution in [3.05, 3.63) is 100 Å². The van der Waals surface area contributed by atoms with Gasteiger partial charge in [0.05, 0.1) is 11.7 Å². The van der Waals surface area contributed by atoms with E-state index >= 15 is 0 Å². The number of rotatable bonds is 8. The SMILES string of the molecule is Cc1ccc(Cl)cc1-n1c(SCc2ccc(F)cc2)nnc1C(C)NC(=O)Nc1ccc(C(C)C)cc1. The Morgan fingerprint density at radius 1 is 1.03 bits per heavy atom. The van der Waals surface area contributed by atoms with E-state index in [1.807, 2.05) is 60.9 Å². The smallest absolute Gasteiger partial charge is 0.319 e. The predicted octanol–water partition coefficient (Wildman–Crippen LogP) is 7.67. The maximum atomic E-state index is 13.3. The quantitative estimate of drug-likeness (QED) is 0.226. The number of amides is 2. The van der Waals surface area contributed by atoms with Crippen molar-refractivity contribution in [2.24, 2.45) is 0 Å². The fourth-order valence-corrected chi connectivity index (χ4v) is 4.89. The zero-order chi connectivity index (χ0) is 26.5. The molecule has 0 fully saturated rings. The van der Waals surface area contributed by atoms with Gasteiger partial charge < -0.3 is 10.6 Å². The number of benzene rings is 3. The third-order valence-corrected chi connectivity index (χ3v) is 7.16. The maximum absolute atomic E-state index is 13.3. The second-order valence-electron chi connectivity index (χ2n) is 9.12. The predicted molar refractivity (Wildman–Crippen MR) is 148 cm³/mol. The van der Waals surface area contributed by atoms with Crippen LogP contribution in [0.5, 0.6) is 0 Å². The van der Waals surface area contributed by atoms with E-state index in [0.29, 0.717) is 33.4 Å². The summed E-state index contributed by atoms with van der Waals surface area (Å²) in [7, 11) is 0. The molecule has 0 aliphatic heterocycles. The van der Waals surface area contributed by atoms with Gasteiger partial charge in [-0.3, -0.25) is 4.57 Å². The molecule has 0 saturated heterocycles. The molecule has 2 N–H and O–H groups in total. The molecule has 1 aromatic heterocycles. The van der Waals surface area contributed by atoms with E-state index in [0.717, 1.165) is 16.8 Å². The van der Waals surface area contributed by atoms with Crippen molar-refractivity contribution >= 4 is 35.1 Å². The van der Waals surface area contributed by atoms with Gasteiger partial charge in [-0.05, 0) is 72.9 Å². The van der Waals surface area contributed by atoms with Gasteiger partial charge in [0.15, 0.2) is 11.0 Å². The average molecular weight is 538 g/mol. The van der Waals surface area contributed by atoms with Gasteiger partial charge in [-0.2, -0.15) is 0 Å². The number of hydrogen-bond acceptors (Lipinski definition) is 4. The first-order chi connectivity index (χ1) is 17.7. The molecular formula is C28H29ClFN5OS. The second kappa shape index (κ2) is 11.8. The number of hydrogen-bond donors (Lipinski definition) is 2. The molecule has 0 aliphatic rings. The van der Waals surface area contributed by atoms with E-state index < -0.39 is 6.04 Å². The Bertz CT molecular complexity index is 1370. The van der Waals surface area contributed by atoms with Crippen molar-refractivity contribution in [1.82, 2.24) is 20.1 Å². The molecule has 0 radical (unpaired) electrons. The van der Waals surface area contributed by atoms with Crippen molar-refractivity contribution in [3.63, 3.8) is 0 Å². The number of carbonyl (C=O) groups is 1. The molecule has 3 aromatic carbocycles. The van der Waals surface area contributed by atoms with E-state index in [2.05, 4.69) is 34.7 Å². The summed E-state index contributed by atoms with van der Waals surface area (Å²) in [5.74, 6) is 1.28. The third-order valence-electron chi connectivity index (χ3n) is 5.92. The Morgan fingerprint density at radius 2 is 1.73 bits per heavy atom. The van der Waals surface area contributed by atoms with Crippen molar-refractivity contribution < 1.29 is 9.18 Å². The maximum Gasteiger partial charge on any atom is 0.319 e. The topological polar surface area (TPSA) is 71.8 Å². The van der Waals surface area contributed by atoms with Crippen molar-refractivity contribution in [2.75, 3.05) is 5.32 Å². The van der Waals surface area contributed by atoms with Crippen LogP contribution in [-0.4, -0.2) is 20.8 Å². The lowest BCUT2D eigenvalue weighted by atomic mass is 10.0. The fourth-order valence-electron chi connectivity index (χ4n) is 3.81. The summed E-state index contributed by atoms with van der Waals surface area (Å²) in [4.78, 5) is 12.8. The molecule has 0 spiro atoms. The van der Waals surface area contributed by atoms with Gasteiger partial charge in [-0.1, -0.05) is 67.5 Å². The summed E-state index contributed by atoms with van der Waals surface area (Å²) < 4.78 is 15.2. The Hall–Kier alpha value is -3.36. The normalized spacial score (nSPS) is 12.0. The molecule has 6 nitrogen and oxygen atoms in total. The number of nitrogens with zero attached hydrogens (tertiary/aromatic N) is 3. The number of anilines is 1. The molecule has 4 aromatic rings. The van der Waals surface area contributed by atoms with Crippen LogP contribution in [0.3, 0.4) is 0 Å². The van der Waals surface area contributed by atoms with Gasteiger partial charge >= 0.3 is 6.03 Å². The highest BCUT2D eigenvalue weighted by Gasteiger charge is 2.22. The standard InChI is InChI=1S/C28H29ClFN5OS/c1-17(2)21-8-13-24(14-9-21)32-27(36)31-19(4)26-33-34-28(37-16-20-6-11-23(30)12-7-20)35(26)25-15-22(29)10-5-18(25)3/h5-15,17,19H,16H2,1-4H3,(H2,31,32,36). The van der Waals surface area contributed by atoms with Crippen LogP contribution >= 0.6 is 23.4 Å². The van der Waals surface area contributed by atoms with E-state index in [9.17, 15) is 9.18 Å². The number of carbonyl (C=O) groups excluding carboxylic acids is 1. The largest absolute Gasteiger partial charge is 0.328 e. The van der Waals surface area contributed by atoms with Crippen molar-refractivity contribution in [2.45, 2.75) is 50.6 Å². The molecule has 1 unspecified atom stereocenters. The molecule has 37 heavy (non-hydrogen) atoms. The lowest BCUT2D eigenvalue weighted by Crippen LogP contribution is -2.32. The van der Waals surface area contributed by atoms with E-state index in [-0.39, 0.29) is 11.8 Å². The molecule has 1 heterocycles. The Balaban J connectivity index is 1.57. The van der Waals surface area contributed by atoms with Gasteiger partial charge in [-0.15, -0.1) is 10.2 Å². The molecule has 192 valence electrons. The zero-order valence-corrected chi connectivity index (χ0v) is 22.7. The second-order valence-corrected chi connectivity index (χ2v) is 10.5. The van der Waals surface area contributed by atoms with Gasteiger partial charge in [0.1, 0.15) is 5.82 Å². The van der Waals surface area contributed by atoms with Gasteiger partial charge in [0, 0.05) is 16.5 Å². The van der Waals surface area contributed by atoms with E-state index in [1.165, 1.54) is 29.5 Å². The van der Waals surface area contributed by atoms with E-state index in [4.69, 9.17) is 11.6 Å². The molecule has 4 rings (SSSR count). The first-order valence-corrected chi connectivity index (χ1v) is 13.3. The monoisotopic (exact) mass is 537 g/mol. The van der Waals surface area contributed by atoms with Crippen molar-refractivity contribution in [3.8, 4) is 5.69 Å². The molecule has 0 aliphatic carbocycles. The van der Waals surface area contributed by atoms with Gasteiger partial charge in [-0.25, -0.2) is 9.18 Å². The number of thioether (sulfide) groups is 1. The van der Waals surface area contributed by atoms with Crippen LogP contribution in [0.4, 0.5) is 14.9 Å². The summed E-state index contributed by atoms with van der Waals surface area (Å²) in [6.07, 6.45) is 0. The minimum atomic E-state index is -0.457. The van der Waals surface area contributed by atoms with Crippen LogP contribution < -0.4 is 10.6 Å². The molecule has 0 bridgehead atoms. The van der Waals surface area contributed by atoms with Crippen LogP contribution in [0.15, 0.2) is 71.9 Å². The highest BCUT2D eigenvalue weighted by molar-refractivity contribution is 7.98. The summed E-state index contributed by atoms with van der Waals surface area (Å²) in [5.41, 5.74) is 4.68. The molecule has 1 atom stereocenters. The number of nitrogens with one attached hydrogen (secondary N) is 2. The minimum Gasteiger partial charge on any atom is -0.328 e. The lowest BCUT2D eigenvalue weighted by Gasteiger charge is -2.18. The third kappa shape index (κ3) is 6.70. The Morgan fingerprint density at radius 3 is 2.41 bits per heavy atom. The van der Waals surface area contributed by atoms with Gasteiger partial charge in [0.2, 0.25) is 0 Å². The van der Waals surface area contributed by atoms with Crippen LogP contribution in [0, 0.1) is 12.7 Å². The number of aromatic nitrogens is 3. The Kier molecular flexibility index (Phi) is 8.51.